The van der Waals surface area contributed by atoms with Crippen LogP contribution in [0.15, 0.2) is 90.3 Å². The van der Waals surface area contributed by atoms with E-state index in [0.717, 1.165) is 5.56 Å². The number of imidazole rings is 1. The van der Waals surface area contributed by atoms with Gasteiger partial charge < -0.3 is 19.7 Å². The highest BCUT2D eigenvalue weighted by molar-refractivity contribution is 7.90. The van der Waals surface area contributed by atoms with E-state index in [1.54, 1.807) is 36.8 Å². The van der Waals surface area contributed by atoms with Gasteiger partial charge in [-0.2, -0.15) is 0 Å². The van der Waals surface area contributed by atoms with Gasteiger partial charge in [-0.3, -0.25) is 9.59 Å². The molecule has 1 aromatic heterocycles. The fraction of sp³-hybridized carbons (Fsp3) is 0.281. The summed E-state index contributed by atoms with van der Waals surface area (Å²) in [7, 11) is -4.08. The monoisotopic (exact) mass is 587 g/mol. The highest BCUT2D eigenvalue weighted by Crippen LogP contribution is 2.37. The summed E-state index contributed by atoms with van der Waals surface area (Å²) in [6, 6.07) is 19.0. The number of aliphatic hydroxyl groups is 1. The number of carbonyl (C=O) groups excluding carboxylic acids is 2. The van der Waals surface area contributed by atoms with Crippen LogP contribution in [0.5, 0.6) is 5.75 Å². The number of Topliss-reactive ketones (excluding diaryl/α,β-unsaturated/α-hetero) is 1. The van der Waals surface area contributed by atoms with Gasteiger partial charge in [0.15, 0.2) is 15.6 Å². The molecule has 2 N–H and O–H groups in total. The molecular weight excluding hydrogens is 554 g/mol. The standard InChI is InChI=1S/C32H33N3O6S/c1-22(36)18-34-32(38)26-10-5-6-13-31(26)42(39,40)20-27-24-11-7-12-28(37)25(24)14-15-29(27)41-30(19-35-17-16-33-21-35)23-8-3-2-4-9-23/h2-6,8-10,13-17,21-22,30,36H,7,11-12,18-20H2,1H3,(H,34,38)/t22-,30-/m1/s1. The minimum atomic E-state index is -4.08. The number of carbonyl (C=O) groups is 2. The van der Waals surface area contributed by atoms with Gasteiger partial charge in [-0.1, -0.05) is 42.5 Å². The molecule has 4 aromatic rings. The number of ketones is 1. The molecule has 0 spiro atoms. The summed E-state index contributed by atoms with van der Waals surface area (Å²) in [4.78, 5) is 29.7. The van der Waals surface area contributed by atoms with Gasteiger partial charge in [0.05, 0.1) is 35.2 Å². The Bertz CT molecular complexity index is 1670. The van der Waals surface area contributed by atoms with Crippen LogP contribution in [-0.2, 0) is 28.6 Å². The fourth-order valence-corrected chi connectivity index (χ4v) is 6.83. The maximum absolute atomic E-state index is 14.0. The summed E-state index contributed by atoms with van der Waals surface area (Å²) < 4.78 is 36.5. The van der Waals surface area contributed by atoms with Crippen molar-refractivity contribution in [3.8, 4) is 5.75 Å². The summed E-state index contributed by atoms with van der Waals surface area (Å²) in [6.07, 6.45) is 5.49. The van der Waals surface area contributed by atoms with Crippen molar-refractivity contribution < 1.29 is 27.9 Å². The highest BCUT2D eigenvalue weighted by Gasteiger charge is 2.30. The molecule has 1 amide bonds. The average Bonchev–Trinajstić information content (AvgIpc) is 3.50. The van der Waals surface area contributed by atoms with Gasteiger partial charge in [0.1, 0.15) is 11.9 Å². The van der Waals surface area contributed by atoms with Crippen LogP contribution in [0.25, 0.3) is 0 Å². The third-order valence-corrected chi connectivity index (χ3v) is 8.95. The lowest BCUT2D eigenvalue weighted by Gasteiger charge is -2.26. The molecule has 1 aliphatic carbocycles. The summed E-state index contributed by atoms with van der Waals surface area (Å²) in [5.41, 5.74) is 2.48. The van der Waals surface area contributed by atoms with Crippen LogP contribution < -0.4 is 10.1 Å². The number of sulfone groups is 1. The number of hydrogen-bond acceptors (Lipinski definition) is 7. The lowest BCUT2D eigenvalue weighted by Crippen LogP contribution is -2.31. The molecule has 1 heterocycles. The van der Waals surface area contributed by atoms with Crippen LogP contribution in [-0.4, -0.2) is 47.4 Å². The van der Waals surface area contributed by atoms with E-state index < -0.39 is 33.7 Å². The number of benzene rings is 3. The number of hydrogen-bond donors (Lipinski definition) is 2. The zero-order valence-corrected chi connectivity index (χ0v) is 24.1. The van der Waals surface area contributed by atoms with Gasteiger partial charge in [0, 0.05) is 36.5 Å². The second-order valence-corrected chi connectivity index (χ2v) is 12.4. The molecule has 0 unspecified atom stereocenters. The van der Waals surface area contributed by atoms with E-state index >= 15 is 0 Å². The molecule has 0 saturated carbocycles. The number of amides is 1. The molecule has 9 nitrogen and oxygen atoms in total. The summed E-state index contributed by atoms with van der Waals surface area (Å²) >= 11 is 0. The molecule has 0 aliphatic heterocycles. The van der Waals surface area contributed by atoms with Gasteiger partial charge >= 0.3 is 0 Å². The van der Waals surface area contributed by atoms with E-state index in [2.05, 4.69) is 10.3 Å². The van der Waals surface area contributed by atoms with Crippen molar-refractivity contribution in [2.24, 2.45) is 0 Å². The first kappa shape index (κ1) is 29.2. The molecule has 0 radical (unpaired) electrons. The average molecular weight is 588 g/mol. The van der Waals surface area contributed by atoms with Gasteiger partial charge in [0.25, 0.3) is 5.91 Å². The number of nitrogens with zero attached hydrogens (tertiary/aromatic N) is 2. The number of rotatable bonds is 11. The predicted octanol–water partition coefficient (Wildman–Crippen LogP) is 4.31. The van der Waals surface area contributed by atoms with E-state index in [4.69, 9.17) is 4.74 Å². The number of fused-ring (bicyclic) bond motifs is 1. The molecule has 42 heavy (non-hydrogen) atoms. The maximum Gasteiger partial charge on any atom is 0.252 e. The Morgan fingerprint density at radius 3 is 2.57 bits per heavy atom. The first-order valence-electron chi connectivity index (χ1n) is 13.9. The molecule has 2 atom stereocenters. The van der Waals surface area contributed by atoms with E-state index in [-0.39, 0.29) is 22.8 Å². The molecule has 5 rings (SSSR count). The summed E-state index contributed by atoms with van der Waals surface area (Å²) in [6.45, 7) is 1.94. The minimum absolute atomic E-state index is 0.0104. The van der Waals surface area contributed by atoms with Crippen LogP contribution in [0, 0.1) is 0 Å². The normalized spacial score (nSPS) is 14.6. The van der Waals surface area contributed by atoms with Gasteiger partial charge in [-0.25, -0.2) is 13.4 Å². The number of nitrogens with one attached hydrogen (secondary N) is 1. The molecule has 3 aromatic carbocycles. The van der Waals surface area contributed by atoms with E-state index in [1.165, 1.54) is 19.1 Å². The lowest BCUT2D eigenvalue weighted by molar-refractivity contribution is 0.0920. The van der Waals surface area contributed by atoms with Crippen molar-refractivity contribution in [2.45, 2.75) is 55.6 Å². The number of aliphatic hydroxyl groups excluding tert-OH is 1. The van der Waals surface area contributed by atoms with Crippen LogP contribution in [0.4, 0.5) is 0 Å². The quantitative estimate of drug-likeness (QED) is 0.268. The molecule has 0 fully saturated rings. The molecule has 1 aliphatic rings. The van der Waals surface area contributed by atoms with Crippen molar-refractivity contribution in [1.82, 2.24) is 14.9 Å². The largest absolute Gasteiger partial charge is 0.484 e. The van der Waals surface area contributed by atoms with E-state index in [0.29, 0.717) is 48.2 Å². The van der Waals surface area contributed by atoms with Gasteiger partial charge in [-0.05, 0) is 55.2 Å². The number of aromatic nitrogens is 2. The van der Waals surface area contributed by atoms with Crippen molar-refractivity contribution >= 4 is 21.5 Å². The predicted molar refractivity (Wildman–Crippen MR) is 157 cm³/mol. The molecule has 0 bridgehead atoms. The molecule has 10 heteroatoms. The zero-order valence-electron chi connectivity index (χ0n) is 23.3. The minimum Gasteiger partial charge on any atom is -0.484 e. The lowest BCUT2D eigenvalue weighted by atomic mass is 9.87. The summed E-state index contributed by atoms with van der Waals surface area (Å²) in [5, 5.41) is 12.2. The second kappa shape index (κ2) is 12.7. The Hall–Kier alpha value is -4.28. The van der Waals surface area contributed by atoms with Crippen molar-refractivity contribution in [3.63, 3.8) is 0 Å². The maximum atomic E-state index is 14.0. The topological polar surface area (TPSA) is 128 Å². The van der Waals surface area contributed by atoms with Gasteiger partial charge in [-0.15, -0.1) is 0 Å². The van der Waals surface area contributed by atoms with Crippen molar-refractivity contribution in [2.75, 3.05) is 6.54 Å². The van der Waals surface area contributed by atoms with Crippen LogP contribution in [0.2, 0.25) is 0 Å². The fourth-order valence-electron chi connectivity index (χ4n) is 5.19. The van der Waals surface area contributed by atoms with Gasteiger partial charge in [0.2, 0.25) is 0 Å². The Labute approximate surface area is 245 Å². The van der Waals surface area contributed by atoms with E-state index in [9.17, 15) is 23.1 Å². The summed E-state index contributed by atoms with van der Waals surface area (Å²) in [5.74, 6) is -0.706. The second-order valence-electron chi connectivity index (χ2n) is 10.4. The van der Waals surface area contributed by atoms with Crippen LogP contribution in [0.1, 0.15) is 63.3 Å². The molecule has 0 saturated heterocycles. The Kier molecular flexibility index (Phi) is 8.84. The third-order valence-electron chi connectivity index (χ3n) is 7.25. The first-order valence-corrected chi connectivity index (χ1v) is 15.5. The number of ether oxygens (including phenoxy) is 1. The highest BCUT2D eigenvalue weighted by atomic mass is 32.2. The van der Waals surface area contributed by atoms with Crippen LogP contribution in [0.3, 0.4) is 0 Å². The molecular formula is C32H33N3O6S. The third kappa shape index (κ3) is 6.61. The SMILES string of the molecule is C[C@@H](O)CNC(=O)c1ccccc1S(=O)(=O)Cc1c(O[C@H](Cn2ccnc2)c2ccccc2)ccc2c1CCCC2=O. The smallest absolute Gasteiger partial charge is 0.252 e. The zero-order chi connectivity index (χ0) is 29.7. The van der Waals surface area contributed by atoms with Crippen LogP contribution >= 0.6 is 0 Å². The van der Waals surface area contributed by atoms with Crippen molar-refractivity contribution in [3.05, 3.63) is 113 Å². The van der Waals surface area contributed by atoms with Crippen molar-refractivity contribution in [1.29, 1.82) is 0 Å². The Morgan fingerprint density at radius 1 is 1.07 bits per heavy atom. The Morgan fingerprint density at radius 2 is 1.83 bits per heavy atom. The van der Waals surface area contributed by atoms with E-state index in [1.807, 2.05) is 41.1 Å². The molecule has 218 valence electrons. The first-order chi connectivity index (χ1) is 20.2. The Balaban J connectivity index is 1.56.